The monoisotopic (exact) mass is 610 g/mol. The number of halogens is 5. The molecule has 0 spiro atoms. The zero-order chi connectivity index (χ0) is 30.3. The van der Waals surface area contributed by atoms with Gasteiger partial charge in [0, 0.05) is 14.7 Å². The van der Waals surface area contributed by atoms with Gasteiger partial charge in [0.05, 0.1) is 0 Å². The summed E-state index contributed by atoms with van der Waals surface area (Å²) in [4.78, 5) is -1.12. The van der Waals surface area contributed by atoms with Crippen LogP contribution in [0.25, 0.3) is 0 Å². The van der Waals surface area contributed by atoms with Gasteiger partial charge >= 0.3 is 10.1 Å². The number of hydrogen-bond donors (Lipinski definition) is 0. The molecule has 4 nitrogen and oxygen atoms in total. The fourth-order valence-electron chi connectivity index (χ4n) is 4.46. The zero-order valence-corrected chi connectivity index (χ0v) is 24.4. The summed E-state index contributed by atoms with van der Waals surface area (Å²) >= 11 is 0. The Kier molecular flexibility index (Phi) is 8.28. The molecule has 0 N–H and O–H groups in total. The van der Waals surface area contributed by atoms with Crippen molar-refractivity contribution in [3.63, 3.8) is 0 Å². The van der Waals surface area contributed by atoms with Crippen LogP contribution >= 0.6 is 10.3 Å². The van der Waals surface area contributed by atoms with Crippen molar-refractivity contribution in [1.82, 2.24) is 0 Å². The summed E-state index contributed by atoms with van der Waals surface area (Å²) in [6.07, 6.45) is 0. The van der Waals surface area contributed by atoms with Gasteiger partial charge in [0.1, 0.15) is 11.4 Å². The molecule has 41 heavy (non-hydrogen) atoms. The molecule has 0 aliphatic rings. The second kappa shape index (κ2) is 11.1. The highest BCUT2D eigenvalue weighted by Crippen LogP contribution is 2.72. The molecule has 0 saturated carbocycles. The summed E-state index contributed by atoms with van der Waals surface area (Å²) in [6, 6.07) is 19.5. The lowest BCUT2D eigenvalue weighted by molar-refractivity contribution is 0.130. The van der Waals surface area contributed by atoms with Crippen LogP contribution in [-0.2, 0) is 13.7 Å². The van der Waals surface area contributed by atoms with E-state index >= 15 is 0 Å². The Hall–Kier alpha value is -3.41. The third-order valence-electron chi connectivity index (χ3n) is 5.91. The maximum absolute atomic E-state index is 14.9. The van der Waals surface area contributed by atoms with Crippen LogP contribution in [0, 0.1) is 42.9 Å². The van der Waals surface area contributed by atoms with E-state index < -0.39 is 60.0 Å². The molecule has 0 amide bonds. The van der Waals surface area contributed by atoms with Crippen molar-refractivity contribution >= 4 is 20.4 Å². The highest BCUT2D eigenvalue weighted by atomic mass is 32.3. The molecule has 4 rings (SSSR count). The molecule has 0 aromatic heterocycles. The van der Waals surface area contributed by atoms with Gasteiger partial charge in [0.2, 0.25) is 5.82 Å². The van der Waals surface area contributed by atoms with Crippen LogP contribution in [0.1, 0.15) is 31.9 Å². The van der Waals surface area contributed by atoms with E-state index in [1.807, 2.05) is 20.8 Å². The predicted octanol–water partition coefficient (Wildman–Crippen LogP) is 8.78. The maximum atomic E-state index is 14.9. The van der Waals surface area contributed by atoms with Crippen molar-refractivity contribution in [3.8, 4) is 5.75 Å². The van der Waals surface area contributed by atoms with Crippen LogP contribution < -0.4 is 4.74 Å². The van der Waals surface area contributed by atoms with E-state index in [2.05, 4.69) is 0 Å². The molecule has 218 valence electrons. The lowest BCUT2D eigenvalue weighted by Crippen LogP contribution is -2.23. The van der Waals surface area contributed by atoms with Gasteiger partial charge in [-0.2, -0.15) is 8.42 Å². The molecular weight excluding hydrogens is 583 g/mol. The minimum atomic E-state index is -5.65. The molecule has 0 bridgehead atoms. The third-order valence-corrected chi connectivity index (χ3v) is 11.4. The van der Waals surface area contributed by atoms with Gasteiger partial charge in [0.15, 0.2) is 28.2 Å². The number of benzene rings is 4. The lowest BCUT2D eigenvalue weighted by Gasteiger charge is -2.41. The molecule has 4 aromatic carbocycles. The number of ether oxygens (including phenoxy) is 1. The quantitative estimate of drug-likeness (QED) is 0.119. The smallest absolute Gasteiger partial charge is 0.313 e. The molecule has 0 atom stereocenters. The van der Waals surface area contributed by atoms with E-state index in [1.54, 1.807) is 86.6 Å². The summed E-state index contributed by atoms with van der Waals surface area (Å²) in [6.45, 7) is 8.96. The Morgan fingerprint density at radius 2 is 1.00 bits per heavy atom. The van der Waals surface area contributed by atoms with Crippen molar-refractivity contribution in [2.75, 3.05) is 0 Å². The van der Waals surface area contributed by atoms with E-state index in [0.717, 1.165) is 0 Å². The van der Waals surface area contributed by atoms with Gasteiger partial charge in [-0.1, -0.05) is 36.4 Å². The predicted molar refractivity (Wildman–Crippen MR) is 146 cm³/mol. The second-order valence-corrected chi connectivity index (χ2v) is 14.5. The molecule has 0 heterocycles. The summed E-state index contributed by atoms with van der Waals surface area (Å²) in [7, 11) is -9.09. The number of hydrogen-bond acceptors (Lipinski definition) is 4. The Morgan fingerprint density at radius 1 is 0.610 bits per heavy atom. The van der Waals surface area contributed by atoms with Crippen LogP contribution in [0.3, 0.4) is 0 Å². The molecule has 0 aliphatic heterocycles. The average Bonchev–Trinajstić information content (AvgIpc) is 2.89. The molecular formula is C30H27F5O4S2. The lowest BCUT2D eigenvalue weighted by atomic mass is 10.1. The SMILES string of the molecule is Cc1cc(OC(C)(C)C)cc(C)c1S(OS(=O)(=O)c1c(F)c(F)c(F)c(F)c1F)(c1ccccc1)c1ccccc1. The van der Waals surface area contributed by atoms with Crippen molar-refractivity contribution in [2.24, 2.45) is 0 Å². The highest BCUT2D eigenvalue weighted by Gasteiger charge is 2.44. The van der Waals surface area contributed by atoms with E-state index in [1.165, 1.54) is 0 Å². The first kappa shape index (κ1) is 30.5. The van der Waals surface area contributed by atoms with Gasteiger partial charge in [-0.05, 0) is 92.5 Å². The molecule has 4 aromatic rings. The average molecular weight is 611 g/mol. The Balaban J connectivity index is 2.11. The Morgan fingerprint density at radius 3 is 1.39 bits per heavy atom. The van der Waals surface area contributed by atoms with Gasteiger partial charge in [-0.25, -0.2) is 25.6 Å². The summed E-state index contributed by atoms with van der Waals surface area (Å²) < 4.78 is 111. The first-order valence-electron chi connectivity index (χ1n) is 12.3. The minimum absolute atomic E-state index is 0.300. The van der Waals surface area contributed by atoms with Gasteiger partial charge in [-0.15, -0.1) is 0 Å². The molecule has 0 unspecified atom stereocenters. The van der Waals surface area contributed by atoms with Crippen molar-refractivity contribution in [3.05, 3.63) is 113 Å². The van der Waals surface area contributed by atoms with E-state index in [4.69, 9.17) is 8.37 Å². The van der Waals surface area contributed by atoms with Crippen LogP contribution in [0.5, 0.6) is 5.75 Å². The third kappa shape index (κ3) is 5.71. The normalized spacial score (nSPS) is 12.8. The number of aryl methyl sites for hydroxylation is 2. The summed E-state index contributed by atoms with van der Waals surface area (Å²) in [5.41, 5.74) is 0.466. The summed E-state index contributed by atoms with van der Waals surface area (Å²) in [5.74, 6) is -11.8. The minimum Gasteiger partial charge on any atom is -0.488 e. The zero-order valence-electron chi connectivity index (χ0n) is 22.8. The molecule has 11 heteroatoms. The molecule has 0 aliphatic carbocycles. The van der Waals surface area contributed by atoms with E-state index in [9.17, 15) is 30.4 Å². The highest BCUT2D eigenvalue weighted by molar-refractivity contribution is 8.33. The second-order valence-electron chi connectivity index (χ2n) is 10.2. The van der Waals surface area contributed by atoms with Crippen LogP contribution in [0.4, 0.5) is 22.0 Å². The fourth-order valence-corrected chi connectivity index (χ4v) is 10.2. The van der Waals surface area contributed by atoms with Crippen LogP contribution in [0.2, 0.25) is 0 Å². The Labute approximate surface area is 237 Å². The molecule has 0 radical (unpaired) electrons. The standard InChI is InChI=1S/C30H27F5O4S2/c1-18-16-20(38-30(3,4)5)17-19(2)28(18)40(21-12-8-6-9-13-21,22-14-10-7-11-15-22)39-41(36,37)29-26(34)24(32)23(31)25(33)27(29)35/h6-17H,1-5H3. The number of rotatable bonds is 7. The van der Waals surface area contributed by atoms with Gasteiger partial charge < -0.3 is 4.74 Å². The Bertz CT molecular complexity index is 1610. The van der Waals surface area contributed by atoms with E-state index in [-0.39, 0.29) is 0 Å². The largest absolute Gasteiger partial charge is 0.488 e. The molecule has 0 saturated heterocycles. The van der Waals surface area contributed by atoms with Crippen molar-refractivity contribution < 1.29 is 38.7 Å². The first-order chi connectivity index (χ1) is 19.1. The fraction of sp³-hybridized carbons (Fsp3) is 0.200. The summed E-state index contributed by atoms with van der Waals surface area (Å²) in [5, 5.41) is 0. The van der Waals surface area contributed by atoms with Gasteiger partial charge in [-0.3, -0.25) is 0 Å². The van der Waals surface area contributed by atoms with Gasteiger partial charge in [0.25, 0.3) is 0 Å². The first-order valence-corrected chi connectivity index (χ1v) is 15.3. The van der Waals surface area contributed by atoms with Crippen LogP contribution in [-0.4, -0.2) is 14.0 Å². The molecule has 0 fully saturated rings. The topological polar surface area (TPSA) is 52.6 Å². The van der Waals surface area contributed by atoms with Crippen molar-refractivity contribution in [1.29, 1.82) is 0 Å². The maximum Gasteiger partial charge on any atom is 0.313 e. The van der Waals surface area contributed by atoms with E-state index in [0.29, 0.717) is 31.6 Å². The van der Waals surface area contributed by atoms with Crippen LogP contribution in [0.15, 0.2) is 92.4 Å². The van der Waals surface area contributed by atoms with Crippen molar-refractivity contribution in [2.45, 2.75) is 59.8 Å².